The molecule has 6 atom stereocenters. The van der Waals surface area contributed by atoms with Crippen molar-refractivity contribution in [2.75, 3.05) is 13.1 Å². The van der Waals surface area contributed by atoms with Gasteiger partial charge in [0.1, 0.15) is 29.9 Å². The summed E-state index contributed by atoms with van der Waals surface area (Å²) in [6.45, 7) is 8.91. The van der Waals surface area contributed by atoms with Gasteiger partial charge in [0.15, 0.2) is 0 Å². The third-order valence-electron chi connectivity index (χ3n) is 9.12. The number of aromatic amines is 1. The van der Waals surface area contributed by atoms with Crippen LogP contribution in [0.3, 0.4) is 0 Å². The minimum absolute atomic E-state index is 0.0577. The average Bonchev–Trinajstić information content (AvgIpc) is 3.43. The Hall–Kier alpha value is -3.76. The molecule has 2 aromatic rings. The van der Waals surface area contributed by atoms with Crippen LogP contribution in [0.25, 0.3) is 10.9 Å². The predicted octanol–water partition coefficient (Wildman–Crippen LogP) is 2.14. The summed E-state index contributed by atoms with van der Waals surface area (Å²) in [5.41, 5.74) is 0.461. The van der Waals surface area contributed by atoms with Crippen LogP contribution in [0.1, 0.15) is 57.4 Å². The highest BCUT2D eigenvalue weighted by molar-refractivity contribution is 6.01. The maximum absolute atomic E-state index is 14.2. The van der Waals surface area contributed by atoms with Crippen molar-refractivity contribution in [1.29, 1.82) is 0 Å². The van der Waals surface area contributed by atoms with Gasteiger partial charge in [-0.05, 0) is 60.6 Å². The fourth-order valence-electron chi connectivity index (χ4n) is 6.78. The molecular formula is C30H38FN5O5. The molecule has 220 valence electrons. The van der Waals surface area contributed by atoms with Crippen LogP contribution in [-0.4, -0.2) is 71.0 Å². The van der Waals surface area contributed by atoms with Gasteiger partial charge >= 0.3 is 0 Å². The van der Waals surface area contributed by atoms with Gasteiger partial charge < -0.3 is 30.6 Å². The molecule has 2 aliphatic heterocycles. The van der Waals surface area contributed by atoms with Crippen LogP contribution >= 0.6 is 0 Å². The van der Waals surface area contributed by atoms with Gasteiger partial charge in [0.2, 0.25) is 17.7 Å². The number of nitrogens with one attached hydrogen (secondary N) is 4. The molecule has 1 aliphatic carbocycles. The summed E-state index contributed by atoms with van der Waals surface area (Å²) in [4.78, 5) is 69.2. The zero-order valence-electron chi connectivity index (χ0n) is 23.8. The number of hydrogen-bond acceptors (Lipinski definition) is 5. The van der Waals surface area contributed by atoms with Crippen molar-refractivity contribution >= 4 is 40.8 Å². The maximum Gasteiger partial charge on any atom is 0.268 e. The second-order valence-electron chi connectivity index (χ2n) is 12.7. The van der Waals surface area contributed by atoms with Gasteiger partial charge in [0, 0.05) is 29.9 Å². The lowest BCUT2D eigenvalue weighted by Crippen LogP contribution is -2.57. The SMILES string of the molecule is CC(C)C[C@H](NC(=O)c1cc2c(F)cccc2[nH]1)C(=O)N1C[C@H]2[C@@H]([C@H]1C(=O)N[C@H](C=O)C[C@@H]1CCNC1=O)C2(C)C. The molecule has 1 aromatic carbocycles. The molecule has 4 N–H and O–H groups in total. The normalized spacial score (nSPS) is 25.9. The first-order valence-electron chi connectivity index (χ1n) is 14.3. The van der Waals surface area contributed by atoms with E-state index in [1.54, 1.807) is 12.1 Å². The number of aldehydes is 1. The van der Waals surface area contributed by atoms with Crippen molar-refractivity contribution in [2.45, 2.75) is 65.1 Å². The molecule has 11 heteroatoms. The number of carbonyl (C=O) groups excluding carboxylic acids is 5. The molecular weight excluding hydrogens is 529 g/mol. The van der Waals surface area contributed by atoms with Gasteiger partial charge in [-0.1, -0.05) is 33.8 Å². The molecule has 0 bridgehead atoms. The average molecular weight is 568 g/mol. The number of hydrogen-bond donors (Lipinski definition) is 4. The highest BCUT2D eigenvalue weighted by Gasteiger charge is 2.69. The molecule has 3 aliphatic rings. The van der Waals surface area contributed by atoms with Crippen molar-refractivity contribution < 1.29 is 28.4 Å². The number of halogens is 1. The Bertz CT molecular complexity index is 1390. The Kier molecular flexibility index (Phi) is 7.65. The van der Waals surface area contributed by atoms with Crippen LogP contribution in [-0.2, 0) is 19.2 Å². The van der Waals surface area contributed by atoms with E-state index in [4.69, 9.17) is 0 Å². The number of likely N-dealkylation sites (tertiary alicyclic amines) is 1. The minimum Gasteiger partial charge on any atom is -0.356 e. The fraction of sp³-hybridized carbons (Fsp3) is 0.567. The van der Waals surface area contributed by atoms with Gasteiger partial charge in [-0.15, -0.1) is 0 Å². The quantitative estimate of drug-likeness (QED) is 0.326. The van der Waals surface area contributed by atoms with Crippen molar-refractivity contribution in [1.82, 2.24) is 25.8 Å². The maximum atomic E-state index is 14.2. The molecule has 5 rings (SSSR count). The summed E-state index contributed by atoms with van der Waals surface area (Å²) in [5, 5.41) is 8.64. The van der Waals surface area contributed by atoms with E-state index in [1.807, 2.05) is 13.8 Å². The predicted molar refractivity (Wildman–Crippen MR) is 149 cm³/mol. The molecule has 0 spiro atoms. The highest BCUT2D eigenvalue weighted by Crippen LogP contribution is 2.65. The van der Waals surface area contributed by atoms with Crippen LogP contribution in [0.2, 0.25) is 0 Å². The number of fused-ring (bicyclic) bond motifs is 2. The number of rotatable bonds is 10. The van der Waals surface area contributed by atoms with Crippen LogP contribution in [0.5, 0.6) is 0 Å². The molecule has 3 heterocycles. The lowest BCUT2D eigenvalue weighted by atomic mass is 9.96. The van der Waals surface area contributed by atoms with Crippen molar-refractivity contribution in [3.05, 3.63) is 35.8 Å². The van der Waals surface area contributed by atoms with E-state index in [0.29, 0.717) is 37.7 Å². The lowest BCUT2D eigenvalue weighted by Gasteiger charge is -2.34. The molecule has 0 unspecified atom stereocenters. The van der Waals surface area contributed by atoms with E-state index in [-0.39, 0.29) is 58.4 Å². The Morgan fingerprint density at radius 2 is 1.98 bits per heavy atom. The van der Waals surface area contributed by atoms with Crippen LogP contribution < -0.4 is 16.0 Å². The minimum atomic E-state index is -0.904. The topological polar surface area (TPSA) is 140 Å². The first-order valence-corrected chi connectivity index (χ1v) is 14.3. The van der Waals surface area contributed by atoms with E-state index in [1.165, 1.54) is 17.0 Å². The third kappa shape index (κ3) is 5.46. The smallest absolute Gasteiger partial charge is 0.268 e. The number of piperidine rings is 1. The summed E-state index contributed by atoms with van der Waals surface area (Å²) in [6, 6.07) is 3.40. The molecule has 1 saturated carbocycles. The van der Waals surface area contributed by atoms with Crippen molar-refractivity contribution in [3.8, 4) is 0 Å². The summed E-state index contributed by atoms with van der Waals surface area (Å²) in [5.74, 6) is -2.17. The van der Waals surface area contributed by atoms with Gasteiger partial charge in [-0.2, -0.15) is 0 Å². The number of aromatic nitrogens is 1. The van der Waals surface area contributed by atoms with Crippen molar-refractivity contribution in [2.24, 2.45) is 29.1 Å². The number of carbonyl (C=O) groups is 5. The Balaban J connectivity index is 1.34. The van der Waals surface area contributed by atoms with Crippen LogP contribution in [0, 0.1) is 34.9 Å². The summed E-state index contributed by atoms with van der Waals surface area (Å²) in [7, 11) is 0. The van der Waals surface area contributed by atoms with Gasteiger partial charge in [0.05, 0.1) is 6.04 Å². The molecule has 1 aromatic heterocycles. The first kappa shape index (κ1) is 28.8. The molecule has 41 heavy (non-hydrogen) atoms. The Morgan fingerprint density at radius 1 is 1.22 bits per heavy atom. The number of nitrogens with zero attached hydrogens (tertiary/aromatic N) is 1. The first-order chi connectivity index (χ1) is 19.4. The summed E-state index contributed by atoms with van der Waals surface area (Å²) >= 11 is 0. The third-order valence-corrected chi connectivity index (χ3v) is 9.12. The molecule has 0 radical (unpaired) electrons. The van der Waals surface area contributed by atoms with Crippen molar-refractivity contribution in [3.63, 3.8) is 0 Å². The van der Waals surface area contributed by atoms with Crippen LogP contribution in [0.15, 0.2) is 24.3 Å². The Labute approximate surface area is 238 Å². The summed E-state index contributed by atoms with van der Waals surface area (Å²) < 4.78 is 14.2. The molecule has 3 fully saturated rings. The number of benzene rings is 1. The number of H-pyrrole nitrogens is 1. The van der Waals surface area contributed by atoms with E-state index in [9.17, 15) is 28.4 Å². The molecule has 2 saturated heterocycles. The second kappa shape index (κ2) is 10.9. The monoisotopic (exact) mass is 567 g/mol. The zero-order valence-corrected chi connectivity index (χ0v) is 23.8. The van der Waals surface area contributed by atoms with E-state index in [0.717, 1.165) is 0 Å². The highest BCUT2D eigenvalue weighted by atomic mass is 19.1. The second-order valence-corrected chi connectivity index (χ2v) is 12.7. The fourth-order valence-corrected chi connectivity index (χ4v) is 6.78. The molecule has 10 nitrogen and oxygen atoms in total. The van der Waals surface area contributed by atoms with E-state index >= 15 is 0 Å². The summed E-state index contributed by atoms with van der Waals surface area (Å²) in [6.07, 6.45) is 1.79. The van der Waals surface area contributed by atoms with Gasteiger partial charge in [-0.3, -0.25) is 19.2 Å². The largest absolute Gasteiger partial charge is 0.356 e. The van der Waals surface area contributed by atoms with E-state index in [2.05, 4.69) is 34.8 Å². The standard InChI is InChI=1S/C30H38FN5O5/c1-15(2)10-23(35-27(39)22-12-18-20(31)6-5-7-21(18)34-22)29(41)36-13-19-24(30(19,3)4)25(36)28(40)33-17(14-37)11-16-8-9-32-26(16)38/h5-7,12,14-17,19,23-25,34H,8-11,13H2,1-4H3,(H,32,38)(H,33,40)(H,35,39)/t16-,17-,19-,23-,24-,25-/m0/s1. The van der Waals surface area contributed by atoms with E-state index < -0.39 is 35.8 Å². The lowest BCUT2D eigenvalue weighted by molar-refractivity contribution is -0.142. The van der Waals surface area contributed by atoms with Gasteiger partial charge in [0.25, 0.3) is 5.91 Å². The van der Waals surface area contributed by atoms with Gasteiger partial charge in [-0.25, -0.2) is 4.39 Å². The Morgan fingerprint density at radius 3 is 2.61 bits per heavy atom. The zero-order chi connectivity index (χ0) is 29.6. The van der Waals surface area contributed by atoms with Crippen LogP contribution in [0.4, 0.5) is 4.39 Å². The number of amides is 4. The molecule has 4 amide bonds.